The Balaban J connectivity index is 1.63. The van der Waals surface area contributed by atoms with Gasteiger partial charge in [0.05, 0.1) is 16.1 Å². The van der Waals surface area contributed by atoms with Crippen molar-refractivity contribution < 1.29 is 19.7 Å². The first-order valence-corrected chi connectivity index (χ1v) is 9.75. The van der Waals surface area contributed by atoms with Crippen LogP contribution in [0.25, 0.3) is 0 Å². The first kappa shape index (κ1) is 19.6. The molecule has 0 amide bonds. The zero-order valence-corrected chi connectivity index (χ0v) is 16.7. The summed E-state index contributed by atoms with van der Waals surface area (Å²) < 4.78 is 5.75. The van der Waals surface area contributed by atoms with Crippen LogP contribution in [-0.4, -0.2) is 22.5 Å². The van der Waals surface area contributed by atoms with E-state index in [1.165, 1.54) is 0 Å². The van der Waals surface area contributed by atoms with Gasteiger partial charge < -0.3 is 20.3 Å². The van der Waals surface area contributed by atoms with Crippen LogP contribution in [0, 0.1) is 0 Å². The van der Waals surface area contributed by atoms with Crippen LogP contribution in [0.1, 0.15) is 27.5 Å². The van der Waals surface area contributed by atoms with Crippen molar-refractivity contribution in [2.45, 2.75) is 12.5 Å². The molecule has 1 heterocycles. The lowest BCUT2D eigenvalue weighted by molar-refractivity contribution is 0.0939. The van der Waals surface area contributed by atoms with Crippen molar-refractivity contribution in [3.8, 4) is 23.0 Å². The van der Waals surface area contributed by atoms with E-state index in [9.17, 15) is 15.0 Å². The van der Waals surface area contributed by atoms with E-state index < -0.39 is 17.5 Å². The highest BCUT2D eigenvalue weighted by Gasteiger charge is 2.33. The van der Waals surface area contributed by atoms with Gasteiger partial charge in [-0.05, 0) is 48.4 Å². The van der Waals surface area contributed by atoms with Gasteiger partial charge in [-0.3, -0.25) is 4.79 Å². The lowest BCUT2D eigenvalue weighted by Gasteiger charge is -2.28. The molecule has 0 fully saturated rings. The molecule has 3 aromatic carbocycles. The first-order valence-electron chi connectivity index (χ1n) is 8.99. The monoisotopic (exact) mass is 429 g/mol. The van der Waals surface area contributed by atoms with Gasteiger partial charge in [0.2, 0.25) is 0 Å². The number of ketones is 1. The molecule has 1 unspecified atom stereocenters. The van der Waals surface area contributed by atoms with Crippen LogP contribution in [0.2, 0.25) is 10.0 Å². The van der Waals surface area contributed by atoms with Gasteiger partial charge in [0.25, 0.3) is 0 Å². The number of hydrogen-bond acceptors (Lipinski definition) is 5. The van der Waals surface area contributed by atoms with Crippen molar-refractivity contribution in [2.75, 3.05) is 6.54 Å². The number of aromatic hydroxyl groups is 2. The number of para-hydroxylation sites is 1. The molecule has 5 nitrogen and oxygen atoms in total. The minimum atomic E-state index is -0.781. The van der Waals surface area contributed by atoms with Gasteiger partial charge in [0, 0.05) is 17.7 Å². The van der Waals surface area contributed by atoms with E-state index in [1.807, 2.05) is 30.3 Å². The highest BCUT2D eigenvalue weighted by molar-refractivity contribution is 6.37. The van der Waals surface area contributed by atoms with Crippen molar-refractivity contribution >= 4 is 29.0 Å². The molecular weight excluding hydrogens is 413 g/mol. The van der Waals surface area contributed by atoms with Crippen LogP contribution in [0.4, 0.5) is 0 Å². The van der Waals surface area contributed by atoms with Gasteiger partial charge in [0.15, 0.2) is 17.3 Å². The van der Waals surface area contributed by atoms with E-state index in [2.05, 4.69) is 5.32 Å². The van der Waals surface area contributed by atoms with E-state index in [0.29, 0.717) is 41.2 Å². The highest BCUT2D eigenvalue weighted by atomic mass is 35.5. The fourth-order valence-electron chi connectivity index (χ4n) is 3.42. The molecule has 1 aliphatic rings. The summed E-state index contributed by atoms with van der Waals surface area (Å²) in [6.45, 7) is 0.485. The number of fused-ring (bicyclic) bond motifs is 1. The quantitative estimate of drug-likeness (QED) is 0.389. The molecule has 3 N–H and O–H groups in total. The predicted octanol–water partition coefficient (Wildman–Crippen LogP) is 5.27. The van der Waals surface area contributed by atoms with Crippen LogP contribution in [0.15, 0.2) is 54.6 Å². The number of carbonyl (C=O) groups is 1. The van der Waals surface area contributed by atoms with Gasteiger partial charge in [-0.2, -0.15) is 0 Å². The summed E-state index contributed by atoms with van der Waals surface area (Å²) in [5.74, 6) is 0.0919. The molecule has 0 saturated carbocycles. The Morgan fingerprint density at radius 3 is 2.24 bits per heavy atom. The Morgan fingerprint density at radius 1 is 0.931 bits per heavy atom. The summed E-state index contributed by atoms with van der Waals surface area (Å²) in [7, 11) is 0. The van der Waals surface area contributed by atoms with E-state index in [-0.39, 0.29) is 15.8 Å². The molecule has 148 valence electrons. The Morgan fingerprint density at radius 2 is 1.55 bits per heavy atom. The van der Waals surface area contributed by atoms with E-state index in [0.717, 1.165) is 0 Å². The number of hydrogen-bond donors (Lipinski definition) is 3. The summed E-state index contributed by atoms with van der Waals surface area (Å²) in [5, 5.41) is 23.1. The van der Waals surface area contributed by atoms with Crippen molar-refractivity contribution in [2.24, 2.45) is 0 Å². The summed E-state index contributed by atoms with van der Waals surface area (Å²) in [4.78, 5) is 13.1. The van der Waals surface area contributed by atoms with Crippen molar-refractivity contribution in [3.05, 3.63) is 81.3 Å². The zero-order valence-electron chi connectivity index (χ0n) is 15.2. The smallest absolute Gasteiger partial charge is 0.184 e. The highest BCUT2D eigenvalue weighted by Crippen LogP contribution is 2.48. The molecule has 29 heavy (non-hydrogen) atoms. The Bertz CT molecular complexity index is 1070. The molecule has 7 heteroatoms. The third kappa shape index (κ3) is 3.65. The molecule has 0 aliphatic carbocycles. The van der Waals surface area contributed by atoms with E-state index in [4.69, 9.17) is 27.9 Å². The van der Waals surface area contributed by atoms with Crippen LogP contribution in [-0.2, 0) is 6.42 Å². The Hall–Kier alpha value is -2.73. The van der Waals surface area contributed by atoms with Crippen molar-refractivity contribution in [1.82, 2.24) is 5.32 Å². The number of phenols is 2. The summed E-state index contributed by atoms with van der Waals surface area (Å²) in [5.41, 5.74) is 1.41. The molecular formula is C22H17Cl2NO4. The maximum atomic E-state index is 13.1. The molecule has 0 saturated heterocycles. The summed E-state index contributed by atoms with van der Waals surface area (Å²) >= 11 is 12.4. The predicted molar refractivity (Wildman–Crippen MR) is 112 cm³/mol. The molecule has 1 atom stereocenters. The third-order valence-corrected chi connectivity index (χ3v) is 5.65. The Labute approximate surface area is 177 Å². The average molecular weight is 430 g/mol. The number of phenolic OH excluding ortho intramolecular Hbond substituents is 2. The number of Topliss-reactive ketones (excluding diaryl/α,β-unsaturated/α-hetero) is 1. The standard InChI is InChI=1S/C22H17Cl2NO4/c23-17-15-10-11-25-19(16(15)18(24)22(28)21(17)27)20(26)12-6-8-14(9-7-12)29-13-4-2-1-3-5-13/h1-9,19,25,27-28H,10-11H2. The van der Waals surface area contributed by atoms with E-state index in [1.54, 1.807) is 24.3 Å². The second-order valence-electron chi connectivity index (χ2n) is 6.66. The lowest BCUT2D eigenvalue weighted by atomic mass is 9.88. The van der Waals surface area contributed by atoms with Crippen molar-refractivity contribution in [1.29, 1.82) is 0 Å². The summed E-state index contributed by atoms with van der Waals surface area (Å²) in [6.07, 6.45) is 0.482. The number of rotatable bonds is 4. The number of halogens is 2. The molecule has 0 bridgehead atoms. The normalized spacial score (nSPS) is 15.6. The fourth-order valence-corrected chi connectivity index (χ4v) is 4.02. The topological polar surface area (TPSA) is 78.8 Å². The van der Waals surface area contributed by atoms with Gasteiger partial charge in [-0.25, -0.2) is 0 Å². The second kappa shape index (κ2) is 7.95. The lowest BCUT2D eigenvalue weighted by Crippen LogP contribution is -2.35. The first-order chi connectivity index (χ1) is 14.0. The Kier molecular flexibility index (Phi) is 5.37. The van der Waals surface area contributed by atoms with Gasteiger partial charge in [-0.1, -0.05) is 41.4 Å². The maximum Gasteiger partial charge on any atom is 0.184 e. The average Bonchev–Trinajstić information content (AvgIpc) is 2.76. The minimum absolute atomic E-state index is 0.0211. The van der Waals surface area contributed by atoms with Gasteiger partial charge in [0.1, 0.15) is 11.5 Å². The number of carbonyl (C=O) groups excluding carboxylic acids is 1. The number of nitrogens with one attached hydrogen (secondary N) is 1. The number of ether oxygens (including phenoxy) is 1. The SMILES string of the molecule is O=C(c1ccc(Oc2ccccc2)cc1)C1NCCc2c(Cl)c(O)c(O)c(Cl)c21. The third-order valence-electron chi connectivity index (χ3n) is 4.86. The van der Waals surface area contributed by atoms with Gasteiger partial charge in [-0.15, -0.1) is 0 Å². The van der Waals surface area contributed by atoms with Crippen molar-refractivity contribution in [3.63, 3.8) is 0 Å². The molecule has 4 rings (SSSR count). The molecule has 3 aromatic rings. The van der Waals surface area contributed by atoms with Gasteiger partial charge >= 0.3 is 0 Å². The van der Waals surface area contributed by atoms with Crippen LogP contribution in [0.5, 0.6) is 23.0 Å². The zero-order chi connectivity index (χ0) is 20.5. The molecule has 0 spiro atoms. The van der Waals surface area contributed by atoms with Crippen LogP contribution >= 0.6 is 23.2 Å². The fraction of sp³-hybridized carbons (Fsp3) is 0.136. The van der Waals surface area contributed by atoms with E-state index >= 15 is 0 Å². The van der Waals surface area contributed by atoms with Crippen LogP contribution < -0.4 is 10.1 Å². The molecule has 1 aliphatic heterocycles. The number of benzene rings is 3. The largest absolute Gasteiger partial charge is 0.503 e. The minimum Gasteiger partial charge on any atom is -0.503 e. The van der Waals surface area contributed by atoms with Crippen LogP contribution in [0.3, 0.4) is 0 Å². The summed E-state index contributed by atoms with van der Waals surface area (Å²) in [6, 6.07) is 15.3. The molecule has 0 aromatic heterocycles. The maximum absolute atomic E-state index is 13.1. The molecule has 0 radical (unpaired) electrons. The second-order valence-corrected chi connectivity index (χ2v) is 7.41.